The first kappa shape index (κ1) is 18.9. The summed E-state index contributed by atoms with van der Waals surface area (Å²) in [5, 5.41) is 8.76. The highest BCUT2D eigenvalue weighted by Gasteiger charge is 2.43. The molecule has 146 valence electrons. The van der Waals surface area contributed by atoms with Crippen LogP contribution in [0, 0.1) is 0 Å². The second-order valence-electron chi connectivity index (χ2n) is 7.94. The van der Waals surface area contributed by atoms with Crippen molar-refractivity contribution in [2.45, 2.75) is 70.1 Å². The molecule has 3 atom stereocenters. The highest BCUT2D eigenvalue weighted by molar-refractivity contribution is 5.83. The molecule has 3 fully saturated rings. The average Bonchev–Trinajstić information content (AvgIpc) is 3.23. The van der Waals surface area contributed by atoms with Crippen LogP contribution in [0.15, 0.2) is 0 Å². The molecule has 0 radical (unpaired) electrons. The minimum absolute atomic E-state index is 0.0284. The predicted molar refractivity (Wildman–Crippen MR) is 97.5 cm³/mol. The molecule has 3 heterocycles. The summed E-state index contributed by atoms with van der Waals surface area (Å²) in [6, 6.07) is -0.207. The van der Waals surface area contributed by atoms with Crippen LogP contribution in [0.1, 0.15) is 46.0 Å². The Morgan fingerprint density at radius 3 is 2.69 bits per heavy atom. The lowest BCUT2D eigenvalue weighted by Gasteiger charge is -2.37. The average molecular weight is 365 g/mol. The number of likely N-dealkylation sites (tertiary alicyclic amines) is 1. The van der Waals surface area contributed by atoms with E-state index in [9.17, 15) is 14.4 Å². The second-order valence-corrected chi connectivity index (χ2v) is 7.94. The highest BCUT2D eigenvalue weighted by Crippen LogP contribution is 2.26. The van der Waals surface area contributed by atoms with Gasteiger partial charge in [-0.25, -0.2) is 4.79 Å². The number of hydrogen-bond donors (Lipinski definition) is 3. The zero-order chi connectivity index (χ0) is 18.7. The molecule has 0 aromatic rings. The molecule has 8 nitrogen and oxygen atoms in total. The Labute approximate surface area is 155 Å². The van der Waals surface area contributed by atoms with Gasteiger partial charge in [0.2, 0.25) is 11.8 Å². The predicted octanol–water partition coefficient (Wildman–Crippen LogP) is 0.0379. The van der Waals surface area contributed by atoms with E-state index >= 15 is 0 Å². The minimum atomic E-state index is -0.208. The van der Waals surface area contributed by atoms with Crippen LogP contribution in [-0.2, 0) is 9.59 Å². The highest BCUT2D eigenvalue weighted by atomic mass is 16.2. The molecule has 0 saturated carbocycles. The van der Waals surface area contributed by atoms with Crippen LogP contribution in [0.4, 0.5) is 4.79 Å². The fourth-order valence-electron chi connectivity index (χ4n) is 4.25. The number of urea groups is 1. The quantitative estimate of drug-likeness (QED) is 0.641. The van der Waals surface area contributed by atoms with Gasteiger partial charge in [-0.1, -0.05) is 0 Å². The van der Waals surface area contributed by atoms with Gasteiger partial charge in [0.25, 0.3) is 0 Å². The van der Waals surface area contributed by atoms with Gasteiger partial charge >= 0.3 is 6.03 Å². The van der Waals surface area contributed by atoms with Gasteiger partial charge in [0, 0.05) is 50.7 Å². The van der Waals surface area contributed by atoms with Gasteiger partial charge in [0.05, 0.1) is 6.04 Å². The first-order valence-electron chi connectivity index (χ1n) is 9.82. The van der Waals surface area contributed by atoms with Crippen molar-refractivity contribution in [3.8, 4) is 0 Å². The van der Waals surface area contributed by atoms with Crippen LogP contribution in [0.2, 0.25) is 0 Å². The van der Waals surface area contributed by atoms with E-state index in [-0.39, 0.29) is 42.0 Å². The van der Waals surface area contributed by atoms with Gasteiger partial charge in [-0.2, -0.15) is 0 Å². The second kappa shape index (κ2) is 8.24. The van der Waals surface area contributed by atoms with Crippen molar-refractivity contribution < 1.29 is 14.4 Å². The van der Waals surface area contributed by atoms with Crippen molar-refractivity contribution in [3.05, 3.63) is 0 Å². The first-order chi connectivity index (χ1) is 12.4. The fraction of sp³-hybridized carbons (Fsp3) is 0.833. The minimum Gasteiger partial charge on any atom is -0.353 e. The van der Waals surface area contributed by atoms with Gasteiger partial charge < -0.3 is 20.9 Å². The normalized spacial score (nSPS) is 28.8. The van der Waals surface area contributed by atoms with Gasteiger partial charge in [-0.05, 0) is 39.5 Å². The lowest BCUT2D eigenvalue weighted by Crippen LogP contribution is -2.58. The lowest BCUT2D eigenvalue weighted by molar-refractivity contribution is -0.131. The molecule has 0 aromatic heterocycles. The SMILES string of the molecule is CC(C)NC(=O)N[C@H]1C[C@H]2C(=O)NC[C@@H](CCC(=O)N3CCCC3)N2C1. The van der Waals surface area contributed by atoms with E-state index in [4.69, 9.17) is 0 Å². The fourth-order valence-corrected chi connectivity index (χ4v) is 4.25. The smallest absolute Gasteiger partial charge is 0.315 e. The first-order valence-corrected chi connectivity index (χ1v) is 9.82. The molecule has 8 heteroatoms. The summed E-state index contributed by atoms with van der Waals surface area (Å²) in [6.45, 7) is 6.82. The maximum Gasteiger partial charge on any atom is 0.315 e. The summed E-state index contributed by atoms with van der Waals surface area (Å²) in [6.07, 6.45) is 4.09. The summed E-state index contributed by atoms with van der Waals surface area (Å²) in [5.74, 6) is 0.252. The van der Waals surface area contributed by atoms with Crippen molar-refractivity contribution >= 4 is 17.8 Å². The zero-order valence-corrected chi connectivity index (χ0v) is 15.8. The standard InChI is InChI=1S/C18H31N5O3/c1-12(2)20-18(26)21-13-9-15-17(25)19-10-14(23(15)11-13)5-6-16(24)22-7-3-4-8-22/h12-15H,3-11H2,1-2H3,(H,19,25)(H2,20,21,26)/t13-,14+,15-/m0/s1. The molecule has 3 aliphatic heterocycles. The van der Waals surface area contributed by atoms with Crippen molar-refractivity contribution in [1.82, 2.24) is 25.8 Å². The van der Waals surface area contributed by atoms with Gasteiger partial charge in [-0.15, -0.1) is 0 Å². The number of amides is 4. The molecular formula is C18H31N5O3. The Bertz CT molecular complexity index is 547. The molecule has 26 heavy (non-hydrogen) atoms. The summed E-state index contributed by atoms with van der Waals surface area (Å²) >= 11 is 0. The van der Waals surface area contributed by atoms with Crippen molar-refractivity contribution in [1.29, 1.82) is 0 Å². The molecular weight excluding hydrogens is 334 g/mol. The van der Waals surface area contributed by atoms with Gasteiger partial charge in [0.1, 0.15) is 0 Å². The third-order valence-electron chi connectivity index (χ3n) is 5.53. The molecule has 3 rings (SSSR count). The van der Waals surface area contributed by atoms with Crippen LogP contribution >= 0.6 is 0 Å². The number of nitrogens with zero attached hydrogens (tertiary/aromatic N) is 2. The molecule has 0 bridgehead atoms. The Morgan fingerprint density at radius 1 is 1.27 bits per heavy atom. The van der Waals surface area contributed by atoms with Crippen molar-refractivity contribution in [3.63, 3.8) is 0 Å². The number of hydrogen-bond acceptors (Lipinski definition) is 4. The van der Waals surface area contributed by atoms with E-state index in [1.807, 2.05) is 18.7 Å². The molecule has 0 unspecified atom stereocenters. The van der Waals surface area contributed by atoms with Crippen molar-refractivity contribution in [2.75, 3.05) is 26.2 Å². The summed E-state index contributed by atoms with van der Waals surface area (Å²) in [4.78, 5) is 40.6. The Hall–Kier alpha value is -1.83. The number of rotatable bonds is 5. The topological polar surface area (TPSA) is 93.8 Å². The summed E-state index contributed by atoms with van der Waals surface area (Å²) in [5.41, 5.74) is 0. The van der Waals surface area contributed by atoms with Crippen molar-refractivity contribution in [2.24, 2.45) is 0 Å². The number of nitrogens with one attached hydrogen (secondary N) is 3. The number of carbonyl (C=O) groups excluding carboxylic acids is 3. The summed E-state index contributed by atoms with van der Waals surface area (Å²) in [7, 11) is 0. The van der Waals surface area contributed by atoms with E-state index in [1.54, 1.807) is 0 Å². The molecule has 0 aliphatic carbocycles. The van der Waals surface area contributed by atoms with E-state index in [0.29, 0.717) is 25.9 Å². The van der Waals surface area contributed by atoms with Crippen LogP contribution in [0.3, 0.4) is 0 Å². The van der Waals surface area contributed by atoms with E-state index in [1.165, 1.54) is 0 Å². The number of carbonyl (C=O) groups is 3. The monoisotopic (exact) mass is 365 g/mol. The van der Waals surface area contributed by atoms with Crippen LogP contribution < -0.4 is 16.0 Å². The molecule has 3 N–H and O–H groups in total. The van der Waals surface area contributed by atoms with Gasteiger partial charge in [-0.3, -0.25) is 14.5 Å². The molecule has 3 aliphatic rings. The largest absolute Gasteiger partial charge is 0.353 e. The Morgan fingerprint density at radius 2 is 2.00 bits per heavy atom. The molecule has 0 aromatic carbocycles. The maximum absolute atomic E-state index is 12.3. The Balaban J connectivity index is 1.53. The molecule has 0 spiro atoms. The van der Waals surface area contributed by atoms with Gasteiger partial charge in [0.15, 0.2) is 0 Å². The molecule has 3 saturated heterocycles. The Kier molecular flexibility index (Phi) is 6.01. The maximum atomic E-state index is 12.3. The van der Waals surface area contributed by atoms with Crippen LogP contribution in [0.25, 0.3) is 0 Å². The van der Waals surface area contributed by atoms with Crippen LogP contribution in [0.5, 0.6) is 0 Å². The van der Waals surface area contributed by atoms with E-state index < -0.39 is 0 Å². The van der Waals surface area contributed by atoms with E-state index in [2.05, 4.69) is 20.9 Å². The molecule has 4 amide bonds. The number of piperazine rings is 1. The van der Waals surface area contributed by atoms with Crippen LogP contribution in [-0.4, -0.2) is 78.0 Å². The third kappa shape index (κ3) is 4.47. The number of fused-ring (bicyclic) bond motifs is 1. The zero-order valence-electron chi connectivity index (χ0n) is 15.8. The lowest BCUT2D eigenvalue weighted by atomic mass is 10.0. The third-order valence-corrected chi connectivity index (χ3v) is 5.53. The van der Waals surface area contributed by atoms with E-state index in [0.717, 1.165) is 32.4 Å². The summed E-state index contributed by atoms with van der Waals surface area (Å²) < 4.78 is 0.